The summed E-state index contributed by atoms with van der Waals surface area (Å²) in [5.74, 6) is -1.88. The molecule has 1 fully saturated rings. The molecule has 10 heteroatoms. The Bertz CT molecular complexity index is 1670. The summed E-state index contributed by atoms with van der Waals surface area (Å²) in [4.78, 5) is 48.4. The Labute approximate surface area is 268 Å². The van der Waals surface area contributed by atoms with E-state index in [4.69, 9.17) is 20.2 Å². The summed E-state index contributed by atoms with van der Waals surface area (Å²) in [6.45, 7) is 8.89. The first-order valence-electron chi connectivity index (χ1n) is 15.5. The summed E-state index contributed by atoms with van der Waals surface area (Å²) in [6, 6.07) is 21.7. The maximum atomic E-state index is 13.5. The van der Waals surface area contributed by atoms with Crippen LogP contribution in [0.15, 0.2) is 72.8 Å². The highest BCUT2D eigenvalue weighted by molar-refractivity contribution is 5.98. The van der Waals surface area contributed by atoms with Crippen LogP contribution in [0.1, 0.15) is 63.0 Å². The SMILES string of the molecule is CC(C)(C)C(=O)O.C[C@@H]1CN(c2ccc(F)cc2)CCN1C(=O)c1ccc2nc(-c3ccccc3)c(CCCCC(=O)O)nc2c1. The second-order valence-electron chi connectivity index (χ2n) is 12.5. The number of aromatic nitrogens is 2. The Morgan fingerprint density at radius 2 is 1.57 bits per heavy atom. The third-order valence-corrected chi connectivity index (χ3v) is 7.81. The number of carboxylic acids is 2. The number of amides is 1. The number of carbonyl (C=O) groups is 3. The lowest BCUT2D eigenvalue weighted by atomic mass is 9.98. The number of aliphatic carboxylic acids is 2. The highest BCUT2D eigenvalue weighted by Gasteiger charge is 2.28. The fourth-order valence-electron chi connectivity index (χ4n) is 5.11. The molecule has 2 heterocycles. The zero-order valence-corrected chi connectivity index (χ0v) is 26.7. The molecule has 1 aromatic heterocycles. The van der Waals surface area contributed by atoms with E-state index in [1.54, 1.807) is 45.0 Å². The Hall–Kier alpha value is -4.86. The van der Waals surface area contributed by atoms with Crippen molar-refractivity contribution in [3.8, 4) is 11.3 Å². The van der Waals surface area contributed by atoms with Crippen molar-refractivity contribution in [2.75, 3.05) is 24.5 Å². The molecule has 4 aromatic rings. The Kier molecular flexibility index (Phi) is 11.1. The van der Waals surface area contributed by atoms with E-state index >= 15 is 0 Å². The summed E-state index contributed by atoms with van der Waals surface area (Å²) in [5.41, 5.74) is 4.80. The van der Waals surface area contributed by atoms with Gasteiger partial charge in [-0.3, -0.25) is 14.4 Å². The van der Waals surface area contributed by atoms with Gasteiger partial charge in [0.25, 0.3) is 5.91 Å². The van der Waals surface area contributed by atoms with Gasteiger partial charge in [-0.15, -0.1) is 0 Å². The van der Waals surface area contributed by atoms with Gasteiger partial charge in [0.15, 0.2) is 0 Å². The number of unbranched alkanes of at least 4 members (excludes halogenated alkanes) is 1. The lowest BCUT2D eigenvalue weighted by Crippen LogP contribution is -2.54. The third-order valence-electron chi connectivity index (χ3n) is 7.81. The molecule has 0 aliphatic carbocycles. The summed E-state index contributed by atoms with van der Waals surface area (Å²) >= 11 is 0. The molecule has 46 heavy (non-hydrogen) atoms. The molecular weight excluding hydrogens is 587 g/mol. The number of fused-ring (bicyclic) bond motifs is 1. The molecule has 2 N–H and O–H groups in total. The van der Waals surface area contributed by atoms with Crippen LogP contribution in [0.25, 0.3) is 22.3 Å². The van der Waals surface area contributed by atoms with E-state index in [1.807, 2.05) is 48.2 Å². The van der Waals surface area contributed by atoms with Crippen molar-refractivity contribution in [1.82, 2.24) is 14.9 Å². The van der Waals surface area contributed by atoms with Gasteiger partial charge in [-0.2, -0.15) is 0 Å². The molecule has 1 aliphatic rings. The second-order valence-corrected chi connectivity index (χ2v) is 12.5. The van der Waals surface area contributed by atoms with Crippen molar-refractivity contribution in [1.29, 1.82) is 0 Å². The molecule has 9 nitrogen and oxygen atoms in total. The van der Waals surface area contributed by atoms with Crippen LogP contribution in [-0.2, 0) is 16.0 Å². The molecule has 5 rings (SSSR count). The molecule has 0 spiro atoms. The van der Waals surface area contributed by atoms with Gasteiger partial charge >= 0.3 is 11.9 Å². The van der Waals surface area contributed by atoms with E-state index in [9.17, 15) is 18.8 Å². The van der Waals surface area contributed by atoms with Gasteiger partial charge in [-0.05, 0) is 89.4 Å². The van der Waals surface area contributed by atoms with Gasteiger partial charge in [0.2, 0.25) is 0 Å². The fraction of sp³-hybridized carbons (Fsp3) is 0.361. The first kappa shape index (κ1) is 34.0. The van der Waals surface area contributed by atoms with Crippen LogP contribution < -0.4 is 4.90 Å². The van der Waals surface area contributed by atoms with E-state index in [2.05, 4.69) is 4.90 Å². The minimum absolute atomic E-state index is 0.0247. The fourth-order valence-corrected chi connectivity index (χ4v) is 5.11. The molecule has 1 aliphatic heterocycles. The number of benzene rings is 3. The number of hydrogen-bond acceptors (Lipinski definition) is 6. The molecule has 242 valence electrons. The summed E-state index contributed by atoms with van der Waals surface area (Å²) in [6.07, 6.45) is 1.96. The molecule has 1 atom stereocenters. The van der Waals surface area contributed by atoms with E-state index in [1.165, 1.54) is 12.1 Å². The Morgan fingerprint density at radius 1 is 0.891 bits per heavy atom. The lowest BCUT2D eigenvalue weighted by Gasteiger charge is -2.41. The molecular formula is C36H41FN4O5. The number of rotatable bonds is 8. The van der Waals surface area contributed by atoms with E-state index in [-0.39, 0.29) is 24.2 Å². The molecule has 0 radical (unpaired) electrons. The highest BCUT2D eigenvalue weighted by Crippen LogP contribution is 2.27. The van der Waals surface area contributed by atoms with E-state index in [0.29, 0.717) is 55.5 Å². The van der Waals surface area contributed by atoms with Crippen LogP contribution in [0.3, 0.4) is 0 Å². The average molecular weight is 629 g/mol. The van der Waals surface area contributed by atoms with Crippen molar-refractivity contribution in [3.05, 3.63) is 89.9 Å². The summed E-state index contributed by atoms with van der Waals surface area (Å²) < 4.78 is 13.3. The van der Waals surface area contributed by atoms with Crippen LogP contribution in [0.2, 0.25) is 0 Å². The van der Waals surface area contributed by atoms with Crippen LogP contribution in [0, 0.1) is 11.2 Å². The molecule has 0 bridgehead atoms. The van der Waals surface area contributed by atoms with Crippen LogP contribution in [0.5, 0.6) is 0 Å². The number of piperazine rings is 1. The van der Waals surface area contributed by atoms with Gasteiger partial charge in [-0.1, -0.05) is 30.3 Å². The number of halogens is 1. The number of aryl methyl sites for hydroxylation is 1. The predicted molar refractivity (Wildman–Crippen MR) is 176 cm³/mol. The zero-order chi connectivity index (χ0) is 33.4. The molecule has 1 saturated heterocycles. The van der Waals surface area contributed by atoms with Gasteiger partial charge in [0.05, 0.1) is 27.8 Å². The number of carboxylic acid groups (broad SMARTS) is 2. The number of carbonyl (C=O) groups excluding carboxylic acids is 1. The average Bonchev–Trinajstić information content (AvgIpc) is 3.02. The first-order valence-corrected chi connectivity index (χ1v) is 15.5. The van der Waals surface area contributed by atoms with Gasteiger partial charge in [0, 0.05) is 48.9 Å². The molecule has 3 aromatic carbocycles. The monoisotopic (exact) mass is 628 g/mol. The molecule has 0 unspecified atom stereocenters. The Balaban J connectivity index is 0.000000617. The second kappa shape index (κ2) is 14.9. The largest absolute Gasteiger partial charge is 0.481 e. The minimum Gasteiger partial charge on any atom is -0.481 e. The Morgan fingerprint density at radius 3 is 2.17 bits per heavy atom. The maximum absolute atomic E-state index is 13.5. The summed E-state index contributed by atoms with van der Waals surface area (Å²) in [5, 5.41) is 17.2. The zero-order valence-electron chi connectivity index (χ0n) is 26.7. The molecule has 1 amide bonds. The normalized spacial score (nSPS) is 14.8. The molecule has 0 saturated carbocycles. The van der Waals surface area contributed by atoms with Gasteiger partial charge < -0.3 is 20.0 Å². The predicted octanol–water partition coefficient (Wildman–Crippen LogP) is 6.70. The van der Waals surface area contributed by atoms with Crippen LogP contribution in [0.4, 0.5) is 10.1 Å². The van der Waals surface area contributed by atoms with Crippen molar-refractivity contribution < 1.29 is 29.0 Å². The standard InChI is InChI=1S/C31H31FN4O3.C5H10O2/c1-21-20-35(25-14-12-24(32)13-15-25)17-18-36(21)31(39)23-11-16-26-28(19-23)33-27(9-5-6-10-29(37)38)30(34-26)22-7-3-2-4-8-22;1-5(2,3)4(6)7/h2-4,7-8,11-16,19,21H,5-6,9-10,17-18,20H2,1H3,(H,37,38);1-3H3,(H,6,7)/t21-;/m1./s1. The summed E-state index contributed by atoms with van der Waals surface area (Å²) in [7, 11) is 0. The first-order chi connectivity index (χ1) is 21.8. The quantitative estimate of drug-likeness (QED) is 0.207. The van der Waals surface area contributed by atoms with E-state index in [0.717, 1.165) is 22.6 Å². The van der Waals surface area contributed by atoms with Gasteiger partial charge in [0.1, 0.15) is 5.82 Å². The van der Waals surface area contributed by atoms with Crippen molar-refractivity contribution >= 4 is 34.6 Å². The van der Waals surface area contributed by atoms with Crippen molar-refractivity contribution in [3.63, 3.8) is 0 Å². The topological polar surface area (TPSA) is 124 Å². The minimum atomic E-state index is -0.807. The van der Waals surface area contributed by atoms with Crippen LogP contribution >= 0.6 is 0 Å². The van der Waals surface area contributed by atoms with Crippen molar-refractivity contribution in [2.45, 2.75) is 59.4 Å². The van der Waals surface area contributed by atoms with Gasteiger partial charge in [-0.25, -0.2) is 14.4 Å². The third kappa shape index (κ3) is 8.87. The highest BCUT2D eigenvalue weighted by atomic mass is 19.1. The van der Waals surface area contributed by atoms with E-state index < -0.39 is 17.4 Å². The lowest BCUT2D eigenvalue weighted by molar-refractivity contribution is -0.145. The van der Waals surface area contributed by atoms with Crippen molar-refractivity contribution in [2.24, 2.45) is 5.41 Å². The number of nitrogens with zero attached hydrogens (tertiary/aromatic N) is 4. The van der Waals surface area contributed by atoms with Crippen LogP contribution in [-0.4, -0.2) is 68.6 Å². The number of hydrogen-bond donors (Lipinski definition) is 2. The smallest absolute Gasteiger partial charge is 0.308 e. The maximum Gasteiger partial charge on any atom is 0.308 e. The number of anilines is 1.